The largest absolute Gasteiger partial charge is 0.339 e. The molecule has 0 unspecified atom stereocenters. The van der Waals surface area contributed by atoms with Crippen molar-refractivity contribution in [2.24, 2.45) is 0 Å². The van der Waals surface area contributed by atoms with Gasteiger partial charge in [-0.15, -0.1) is 0 Å². The van der Waals surface area contributed by atoms with Gasteiger partial charge in [0.25, 0.3) is 0 Å². The van der Waals surface area contributed by atoms with Crippen molar-refractivity contribution in [3.8, 4) is 0 Å². The van der Waals surface area contributed by atoms with E-state index in [1.807, 2.05) is 29.2 Å². The first-order valence-electron chi connectivity index (χ1n) is 9.11. The van der Waals surface area contributed by atoms with E-state index in [0.717, 1.165) is 42.0 Å². The van der Waals surface area contributed by atoms with Gasteiger partial charge in [-0.2, -0.15) is 0 Å². The van der Waals surface area contributed by atoms with Gasteiger partial charge in [-0.05, 0) is 55.1 Å². The van der Waals surface area contributed by atoms with Crippen LogP contribution in [0.25, 0.3) is 0 Å². The van der Waals surface area contributed by atoms with Gasteiger partial charge in [0.15, 0.2) is 0 Å². The Morgan fingerprint density at radius 1 is 1.15 bits per heavy atom. The minimum atomic E-state index is -0.215. The summed E-state index contributed by atoms with van der Waals surface area (Å²) in [4.78, 5) is 14.2. The Kier molecular flexibility index (Phi) is 6.64. The van der Waals surface area contributed by atoms with Crippen LogP contribution in [0.1, 0.15) is 30.4 Å². The van der Waals surface area contributed by atoms with Gasteiger partial charge in [-0.1, -0.05) is 41.9 Å². The van der Waals surface area contributed by atoms with E-state index in [4.69, 9.17) is 11.6 Å². The summed E-state index contributed by atoms with van der Waals surface area (Å²) in [5, 5.41) is 4.15. The molecule has 5 heteroatoms. The summed E-state index contributed by atoms with van der Waals surface area (Å²) < 4.78 is 12.9. The first-order chi connectivity index (χ1) is 12.6. The highest BCUT2D eigenvalue weighted by Crippen LogP contribution is 2.23. The van der Waals surface area contributed by atoms with Crippen LogP contribution in [0.15, 0.2) is 48.5 Å². The molecule has 0 bridgehead atoms. The zero-order chi connectivity index (χ0) is 18.4. The molecule has 1 aliphatic heterocycles. The first-order valence-corrected chi connectivity index (χ1v) is 9.49. The van der Waals surface area contributed by atoms with Crippen LogP contribution in [0.2, 0.25) is 5.02 Å². The molecule has 138 valence electrons. The lowest BCUT2D eigenvalue weighted by Gasteiger charge is -2.25. The van der Waals surface area contributed by atoms with Crippen LogP contribution in [0.5, 0.6) is 0 Å². The third kappa shape index (κ3) is 5.05. The van der Waals surface area contributed by atoms with Crippen molar-refractivity contribution in [1.82, 2.24) is 10.2 Å². The van der Waals surface area contributed by atoms with Crippen molar-refractivity contribution in [2.75, 3.05) is 13.1 Å². The van der Waals surface area contributed by atoms with E-state index in [2.05, 4.69) is 5.32 Å². The molecule has 0 spiro atoms. The Morgan fingerprint density at radius 3 is 2.69 bits per heavy atom. The van der Waals surface area contributed by atoms with Crippen LogP contribution in [0.3, 0.4) is 0 Å². The fourth-order valence-electron chi connectivity index (χ4n) is 3.45. The summed E-state index contributed by atoms with van der Waals surface area (Å²) in [7, 11) is 0. The number of nitrogens with zero attached hydrogens (tertiary/aromatic N) is 1. The van der Waals surface area contributed by atoms with Crippen LogP contribution in [0, 0.1) is 5.82 Å². The molecule has 1 saturated heterocycles. The molecule has 0 aliphatic carbocycles. The number of likely N-dealkylation sites (tertiary alicyclic amines) is 1. The van der Waals surface area contributed by atoms with Crippen molar-refractivity contribution in [2.45, 2.75) is 38.3 Å². The molecule has 26 heavy (non-hydrogen) atoms. The highest BCUT2D eigenvalue weighted by molar-refractivity contribution is 6.31. The van der Waals surface area contributed by atoms with Crippen molar-refractivity contribution in [3.63, 3.8) is 0 Å². The fraction of sp³-hybridized carbons (Fsp3) is 0.381. The predicted octanol–water partition coefficient (Wildman–Crippen LogP) is 4.19. The molecule has 1 aliphatic rings. The number of amides is 1. The third-order valence-corrected chi connectivity index (χ3v) is 5.30. The summed E-state index contributed by atoms with van der Waals surface area (Å²) in [6.07, 6.45) is 3.26. The molecule has 2 aromatic rings. The van der Waals surface area contributed by atoms with Crippen LogP contribution in [-0.4, -0.2) is 29.9 Å². The zero-order valence-corrected chi connectivity index (χ0v) is 15.5. The summed E-state index contributed by atoms with van der Waals surface area (Å²) in [6, 6.07) is 14.6. The molecule has 2 aromatic carbocycles. The van der Waals surface area contributed by atoms with Crippen molar-refractivity contribution < 1.29 is 9.18 Å². The van der Waals surface area contributed by atoms with Gasteiger partial charge >= 0.3 is 0 Å². The van der Waals surface area contributed by atoms with E-state index in [-0.39, 0.29) is 17.8 Å². The SMILES string of the molecule is O=C1CC[C@@H](CCNCc2ccc(F)cc2)N1CCc1ccccc1Cl. The molecule has 1 heterocycles. The van der Waals surface area contributed by atoms with Gasteiger partial charge in [0.1, 0.15) is 5.82 Å². The van der Waals surface area contributed by atoms with Gasteiger partial charge in [-0.25, -0.2) is 4.39 Å². The van der Waals surface area contributed by atoms with Crippen LogP contribution < -0.4 is 5.32 Å². The predicted molar refractivity (Wildman–Crippen MR) is 103 cm³/mol. The monoisotopic (exact) mass is 374 g/mol. The van der Waals surface area contributed by atoms with E-state index in [1.54, 1.807) is 12.1 Å². The molecule has 0 saturated carbocycles. The van der Waals surface area contributed by atoms with Crippen molar-refractivity contribution in [3.05, 3.63) is 70.5 Å². The Labute approximate surface area is 159 Å². The number of halogens is 2. The smallest absolute Gasteiger partial charge is 0.222 e. The van der Waals surface area contributed by atoms with Crippen LogP contribution >= 0.6 is 11.6 Å². The van der Waals surface area contributed by atoms with E-state index < -0.39 is 0 Å². The summed E-state index contributed by atoms with van der Waals surface area (Å²) in [5.41, 5.74) is 2.14. The van der Waals surface area contributed by atoms with E-state index in [9.17, 15) is 9.18 Å². The molecule has 3 rings (SSSR count). The first kappa shape index (κ1) is 18.9. The summed E-state index contributed by atoms with van der Waals surface area (Å²) in [5.74, 6) is 0.0213. The van der Waals surface area contributed by atoms with Gasteiger partial charge in [0.2, 0.25) is 5.91 Å². The number of benzene rings is 2. The second-order valence-electron chi connectivity index (χ2n) is 6.71. The number of carbonyl (C=O) groups excluding carboxylic acids is 1. The van der Waals surface area contributed by atoms with Gasteiger partial charge in [0.05, 0.1) is 0 Å². The number of carbonyl (C=O) groups is 1. The highest BCUT2D eigenvalue weighted by atomic mass is 35.5. The van der Waals surface area contributed by atoms with Gasteiger partial charge in [-0.3, -0.25) is 4.79 Å². The number of nitrogens with one attached hydrogen (secondary N) is 1. The normalized spacial score (nSPS) is 17.1. The summed E-state index contributed by atoms with van der Waals surface area (Å²) in [6.45, 7) is 2.25. The Morgan fingerprint density at radius 2 is 1.92 bits per heavy atom. The molecule has 3 nitrogen and oxygen atoms in total. The Hall–Kier alpha value is -1.91. The molecule has 1 atom stereocenters. The van der Waals surface area contributed by atoms with Crippen molar-refractivity contribution >= 4 is 17.5 Å². The second kappa shape index (κ2) is 9.15. The molecule has 1 fully saturated rings. The zero-order valence-electron chi connectivity index (χ0n) is 14.8. The van der Waals surface area contributed by atoms with Crippen LogP contribution in [-0.2, 0) is 17.8 Å². The standard InChI is InChI=1S/C21H24ClFN2O/c22-20-4-2-1-3-17(20)12-14-25-19(9-10-21(25)26)11-13-24-15-16-5-7-18(23)8-6-16/h1-8,19,24H,9-15H2/t19-/m0/s1. The van der Waals surface area contributed by atoms with E-state index in [0.29, 0.717) is 19.5 Å². The number of hydrogen-bond acceptors (Lipinski definition) is 2. The number of rotatable bonds is 8. The third-order valence-electron chi connectivity index (χ3n) is 4.93. The second-order valence-corrected chi connectivity index (χ2v) is 7.12. The lowest BCUT2D eigenvalue weighted by Crippen LogP contribution is -2.36. The molecule has 0 radical (unpaired) electrons. The fourth-order valence-corrected chi connectivity index (χ4v) is 3.68. The lowest BCUT2D eigenvalue weighted by atomic mass is 10.1. The Bertz CT molecular complexity index is 735. The average molecular weight is 375 g/mol. The quantitative estimate of drug-likeness (QED) is 0.702. The summed E-state index contributed by atoms with van der Waals surface area (Å²) >= 11 is 6.22. The maximum absolute atomic E-state index is 12.9. The maximum Gasteiger partial charge on any atom is 0.222 e. The molecular formula is C21H24ClFN2O. The maximum atomic E-state index is 12.9. The highest BCUT2D eigenvalue weighted by Gasteiger charge is 2.29. The van der Waals surface area contributed by atoms with Crippen molar-refractivity contribution in [1.29, 1.82) is 0 Å². The molecule has 0 aromatic heterocycles. The van der Waals surface area contributed by atoms with Gasteiger partial charge < -0.3 is 10.2 Å². The topological polar surface area (TPSA) is 32.3 Å². The van der Waals surface area contributed by atoms with E-state index in [1.165, 1.54) is 12.1 Å². The average Bonchev–Trinajstić information content (AvgIpc) is 2.99. The minimum absolute atomic E-state index is 0.215. The molecular weight excluding hydrogens is 351 g/mol. The Balaban J connectivity index is 1.45. The lowest BCUT2D eigenvalue weighted by molar-refractivity contribution is -0.129. The van der Waals surface area contributed by atoms with Crippen LogP contribution in [0.4, 0.5) is 4.39 Å². The number of hydrogen-bond donors (Lipinski definition) is 1. The molecule has 1 N–H and O–H groups in total. The minimum Gasteiger partial charge on any atom is -0.339 e. The van der Waals surface area contributed by atoms with E-state index >= 15 is 0 Å². The van der Waals surface area contributed by atoms with Gasteiger partial charge in [0, 0.05) is 30.6 Å². The molecule has 1 amide bonds.